The van der Waals surface area contributed by atoms with E-state index in [9.17, 15) is 4.79 Å². The summed E-state index contributed by atoms with van der Waals surface area (Å²) in [7, 11) is 0. The van der Waals surface area contributed by atoms with Gasteiger partial charge in [-0.25, -0.2) is 0 Å². The first-order valence-corrected chi connectivity index (χ1v) is 6.47. The number of hydrogen-bond donors (Lipinski definition) is 2. The van der Waals surface area contributed by atoms with Gasteiger partial charge in [0.05, 0.1) is 6.61 Å². The lowest BCUT2D eigenvalue weighted by atomic mass is 10.2. The van der Waals surface area contributed by atoms with Gasteiger partial charge in [0, 0.05) is 37.8 Å². The summed E-state index contributed by atoms with van der Waals surface area (Å²) in [5.74, 6) is 0.306. The fourth-order valence-corrected chi connectivity index (χ4v) is 2.00. The first kappa shape index (κ1) is 13.1. The molecule has 0 unspecified atom stereocenters. The molecule has 0 bridgehead atoms. The number of carbonyl (C=O) groups is 1. The molecule has 1 aliphatic carbocycles. The summed E-state index contributed by atoms with van der Waals surface area (Å²) in [6, 6.07) is 0. The Morgan fingerprint density at radius 3 is 2.61 bits per heavy atom. The van der Waals surface area contributed by atoms with Crippen LogP contribution in [-0.2, 0) is 9.53 Å². The lowest BCUT2D eigenvalue weighted by Crippen LogP contribution is -2.43. The van der Waals surface area contributed by atoms with E-state index in [0.29, 0.717) is 18.1 Å². The van der Waals surface area contributed by atoms with Crippen LogP contribution in [0.25, 0.3) is 0 Å². The topological polar surface area (TPSA) is 65.4 Å². The van der Waals surface area contributed by atoms with Crippen LogP contribution >= 0.6 is 0 Å². The van der Waals surface area contributed by atoms with Crippen LogP contribution in [0.2, 0.25) is 0 Å². The van der Waals surface area contributed by atoms with Crippen LogP contribution in [0.1, 0.15) is 19.8 Å². The third-order valence-electron chi connectivity index (χ3n) is 3.63. The Hall–Kier alpha value is -1.36. The highest BCUT2D eigenvalue weighted by atomic mass is 16.5. The molecule has 100 valence electrons. The maximum absolute atomic E-state index is 11.2. The molecule has 5 heteroatoms. The molecule has 18 heavy (non-hydrogen) atoms. The van der Waals surface area contributed by atoms with Crippen LogP contribution in [0.5, 0.6) is 0 Å². The summed E-state index contributed by atoms with van der Waals surface area (Å²) < 4.78 is 5.62. The van der Waals surface area contributed by atoms with Gasteiger partial charge >= 0.3 is 0 Å². The minimum absolute atomic E-state index is 0.241. The van der Waals surface area contributed by atoms with Gasteiger partial charge in [-0.3, -0.25) is 4.79 Å². The minimum atomic E-state index is 0.241. The molecule has 0 amide bonds. The van der Waals surface area contributed by atoms with E-state index < -0.39 is 0 Å². The number of carbonyl (C=O) groups excluding carboxylic acids is 1. The molecule has 1 saturated heterocycles. The van der Waals surface area contributed by atoms with Gasteiger partial charge < -0.3 is 20.4 Å². The molecule has 5 nitrogen and oxygen atoms in total. The van der Waals surface area contributed by atoms with Gasteiger partial charge in [-0.2, -0.15) is 0 Å². The molecule has 2 fully saturated rings. The lowest BCUT2D eigenvalue weighted by molar-refractivity contribution is -0.108. The highest BCUT2D eigenvalue weighted by molar-refractivity contribution is 5.85. The van der Waals surface area contributed by atoms with Crippen molar-refractivity contribution in [1.82, 2.24) is 10.2 Å². The Bertz CT molecular complexity index is 355. The molecule has 1 heterocycles. The number of nitrogens with zero attached hydrogens (tertiary/aromatic N) is 1. The Kier molecular flexibility index (Phi) is 4.01. The normalized spacial score (nSPS) is 23.1. The van der Waals surface area contributed by atoms with Gasteiger partial charge in [0.25, 0.3) is 0 Å². The largest absolute Gasteiger partial charge is 0.487 e. The number of ether oxygens (including phenoxy) is 1. The van der Waals surface area contributed by atoms with E-state index in [1.807, 2.05) is 4.90 Å². The van der Waals surface area contributed by atoms with Gasteiger partial charge in [-0.05, 0) is 12.8 Å². The van der Waals surface area contributed by atoms with Gasteiger partial charge in [0.2, 0.25) is 0 Å². The van der Waals surface area contributed by atoms with Crippen LogP contribution in [0.4, 0.5) is 0 Å². The average molecular weight is 251 g/mol. The van der Waals surface area contributed by atoms with E-state index in [1.54, 1.807) is 0 Å². The van der Waals surface area contributed by atoms with Gasteiger partial charge in [-0.15, -0.1) is 0 Å². The zero-order valence-corrected chi connectivity index (χ0v) is 10.9. The maximum atomic E-state index is 11.2. The highest BCUT2D eigenvalue weighted by Gasteiger charge is 2.38. The molecule has 0 atom stereocenters. The number of rotatable bonds is 6. The van der Waals surface area contributed by atoms with E-state index in [2.05, 4.69) is 12.2 Å². The van der Waals surface area contributed by atoms with E-state index in [0.717, 1.165) is 45.3 Å². The summed E-state index contributed by atoms with van der Waals surface area (Å²) in [4.78, 5) is 13.2. The molecule has 0 aromatic rings. The van der Waals surface area contributed by atoms with Crippen molar-refractivity contribution in [3.63, 3.8) is 0 Å². The molecule has 0 aromatic carbocycles. The summed E-state index contributed by atoms with van der Waals surface area (Å²) in [6.07, 6.45) is 4.28. The van der Waals surface area contributed by atoms with Crippen LogP contribution in [0.3, 0.4) is 0 Å². The first-order valence-electron chi connectivity index (χ1n) is 6.47. The summed E-state index contributed by atoms with van der Waals surface area (Å²) in [6.45, 7) is 6.10. The summed E-state index contributed by atoms with van der Waals surface area (Å²) in [5.41, 5.74) is 0.848. The maximum Gasteiger partial charge on any atom is 0.186 e. The number of piperazine rings is 1. The highest BCUT2D eigenvalue weighted by Crippen LogP contribution is 2.45. The molecular weight excluding hydrogens is 230 g/mol. The van der Waals surface area contributed by atoms with Crippen molar-refractivity contribution in [1.29, 1.82) is 5.41 Å². The molecule has 0 spiro atoms. The standard InChI is InChI=1S/C13H21N3O2/c1-13(2-3-13)10-18-12(9-17)11(8-14)16-6-4-15-5-7-16/h8-9,14-15H,2-7,10H2,1H3/b12-11-,14-8?. The molecule has 1 saturated carbocycles. The van der Waals surface area contributed by atoms with E-state index in [4.69, 9.17) is 10.1 Å². The smallest absolute Gasteiger partial charge is 0.186 e. The van der Waals surface area contributed by atoms with Crippen molar-refractivity contribution in [2.75, 3.05) is 32.8 Å². The van der Waals surface area contributed by atoms with Crippen LogP contribution in [0, 0.1) is 10.8 Å². The molecule has 2 aliphatic rings. The second-order valence-electron chi connectivity index (χ2n) is 5.35. The Balaban J connectivity index is 2.04. The van der Waals surface area contributed by atoms with Crippen molar-refractivity contribution in [2.24, 2.45) is 5.41 Å². The Morgan fingerprint density at radius 2 is 2.11 bits per heavy atom. The number of nitrogens with one attached hydrogen (secondary N) is 2. The Morgan fingerprint density at radius 1 is 1.44 bits per heavy atom. The lowest BCUT2D eigenvalue weighted by Gasteiger charge is -2.30. The summed E-state index contributed by atoms with van der Waals surface area (Å²) in [5, 5.41) is 10.7. The molecular formula is C13H21N3O2. The number of hydrogen-bond acceptors (Lipinski definition) is 5. The molecule has 0 radical (unpaired) electrons. The van der Waals surface area contributed by atoms with Gasteiger partial charge in [0.15, 0.2) is 12.0 Å². The first-order chi connectivity index (χ1) is 8.68. The second kappa shape index (κ2) is 5.52. The SMILES string of the molecule is CC1(CO/C(C=O)=C(/C=N)N2CCNCC2)CC1. The van der Waals surface area contributed by atoms with Crippen molar-refractivity contribution >= 4 is 12.5 Å². The molecule has 2 N–H and O–H groups in total. The van der Waals surface area contributed by atoms with Crippen molar-refractivity contribution in [3.05, 3.63) is 11.5 Å². The third-order valence-corrected chi connectivity index (χ3v) is 3.63. The van der Waals surface area contributed by atoms with Crippen LogP contribution in [-0.4, -0.2) is 50.2 Å². The van der Waals surface area contributed by atoms with E-state index >= 15 is 0 Å². The molecule has 2 rings (SSSR count). The zero-order chi connectivity index (χ0) is 13.0. The quantitative estimate of drug-likeness (QED) is 0.317. The van der Waals surface area contributed by atoms with Crippen molar-refractivity contribution in [2.45, 2.75) is 19.8 Å². The van der Waals surface area contributed by atoms with Gasteiger partial charge in [0.1, 0.15) is 5.70 Å². The fraction of sp³-hybridized carbons (Fsp3) is 0.692. The van der Waals surface area contributed by atoms with Crippen molar-refractivity contribution in [3.8, 4) is 0 Å². The van der Waals surface area contributed by atoms with Crippen LogP contribution in [0.15, 0.2) is 11.5 Å². The number of aldehydes is 1. The van der Waals surface area contributed by atoms with E-state index in [-0.39, 0.29) is 5.41 Å². The number of allylic oxidation sites excluding steroid dienone is 2. The predicted octanol–water partition coefficient (Wildman–Crippen LogP) is 0.768. The average Bonchev–Trinajstić information content (AvgIpc) is 3.14. The zero-order valence-electron chi connectivity index (χ0n) is 10.9. The predicted molar refractivity (Wildman–Crippen MR) is 69.6 cm³/mol. The van der Waals surface area contributed by atoms with E-state index in [1.165, 1.54) is 6.21 Å². The van der Waals surface area contributed by atoms with Gasteiger partial charge in [-0.1, -0.05) is 6.92 Å². The molecule has 0 aromatic heterocycles. The monoisotopic (exact) mass is 251 g/mol. The third kappa shape index (κ3) is 3.10. The molecule has 1 aliphatic heterocycles. The fourth-order valence-electron chi connectivity index (χ4n) is 2.00. The second-order valence-corrected chi connectivity index (χ2v) is 5.35. The summed E-state index contributed by atoms with van der Waals surface area (Å²) >= 11 is 0. The van der Waals surface area contributed by atoms with Crippen LogP contribution < -0.4 is 5.32 Å². The van der Waals surface area contributed by atoms with Crippen molar-refractivity contribution < 1.29 is 9.53 Å². The minimum Gasteiger partial charge on any atom is -0.487 e. The Labute approximate surface area is 108 Å².